The minimum atomic E-state index is -0.894. The molecule has 0 saturated heterocycles. The standard InChI is InChI=1S/C14H14N2O2S/c17-14(18)11-8-15-19-13(11)9-16-7-3-5-10-4-1-2-6-12(10)16/h1-2,4,6,8H,3,5,7,9H2,(H,17,18). The second kappa shape index (κ2) is 5.01. The highest BCUT2D eigenvalue weighted by atomic mass is 32.1. The van der Waals surface area contributed by atoms with Crippen molar-refractivity contribution < 1.29 is 9.90 Å². The molecule has 0 atom stereocenters. The normalized spacial score (nSPS) is 14.2. The highest BCUT2D eigenvalue weighted by Crippen LogP contribution is 2.29. The lowest BCUT2D eigenvalue weighted by Gasteiger charge is -2.30. The van der Waals surface area contributed by atoms with Gasteiger partial charge >= 0.3 is 5.97 Å². The Morgan fingerprint density at radius 1 is 1.42 bits per heavy atom. The lowest BCUT2D eigenvalue weighted by Crippen LogP contribution is -2.28. The van der Waals surface area contributed by atoms with Gasteiger partial charge in [0.2, 0.25) is 0 Å². The van der Waals surface area contributed by atoms with Crippen LogP contribution in [-0.2, 0) is 13.0 Å². The van der Waals surface area contributed by atoms with Crippen LogP contribution >= 0.6 is 11.5 Å². The summed E-state index contributed by atoms with van der Waals surface area (Å²) in [7, 11) is 0. The number of aryl methyl sites for hydroxylation is 1. The van der Waals surface area contributed by atoms with Crippen molar-refractivity contribution in [3.63, 3.8) is 0 Å². The van der Waals surface area contributed by atoms with Crippen LogP contribution in [0, 0.1) is 0 Å². The van der Waals surface area contributed by atoms with Crippen molar-refractivity contribution in [1.29, 1.82) is 0 Å². The van der Waals surface area contributed by atoms with E-state index in [1.165, 1.54) is 29.0 Å². The van der Waals surface area contributed by atoms with E-state index in [1.807, 2.05) is 6.07 Å². The van der Waals surface area contributed by atoms with Crippen molar-refractivity contribution in [1.82, 2.24) is 4.37 Å². The first-order valence-electron chi connectivity index (χ1n) is 6.25. The number of hydrogen-bond donors (Lipinski definition) is 1. The molecule has 1 aliphatic rings. The molecular weight excluding hydrogens is 260 g/mol. The first-order valence-corrected chi connectivity index (χ1v) is 7.03. The lowest BCUT2D eigenvalue weighted by molar-refractivity contribution is 0.0696. The number of nitrogens with zero attached hydrogens (tertiary/aromatic N) is 2. The van der Waals surface area contributed by atoms with Gasteiger partial charge in [0.25, 0.3) is 0 Å². The lowest BCUT2D eigenvalue weighted by atomic mass is 10.0. The van der Waals surface area contributed by atoms with Crippen molar-refractivity contribution in [2.75, 3.05) is 11.4 Å². The molecule has 0 bridgehead atoms. The number of carbonyl (C=O) groups is 1. The number of para-hydroxylation sites is 1. The number of aromatic carboxylic acids is 1. The van der Waals surface area contributed by atoms with Gasteiger partial charge in [-0.1, -0.05) is 18.2 Å². The average molecular weight is 274 g/mol. The molecule has 1 aliphatic heterocycles. The van der Waals surface area contributed by atoms with E-state index in [2.05, 4.69) is 27.5 Å². The Morgan fingerprint density at radius 2 is 2.26 bits per heavy atom. The molecule has 3 rings (SSSR count). The molecule has 0 fully saturated rings. The maximum absolute atomic E-state index is 11.1. The second-order valence-corrected chi connectivity index (χ2v) is 5.51. The molecule has 0 spiro atoms. The van der Waals surface area contributed by atoms with Crippen molar-refractivity contribution in [2.45, 2.75) is 19.4 Å². The molecule has 2 heterocycles. The number of anilines is 1. The van der Waals surface area contributed by atoms with E-state index in [1.54, 1.807) is 0 Å². The van der Waals surface area contributed by atoms with Crippen LogP contribution in [0.2, 0.25) is 0 Å². The van der Waals surface area contributed by atoms with E-state index in [9.17, 15) is 4.79 Å². The van der Waals surface area contributed by atoms with Crippen molar-refractivity contribution >= 4 is 23.2 Å². The third-order valence-corrected chi connectivity index (χ3v) is 4.20. The highest BCUT2D eigenvalue weighted by Gasteiger charge is 2.20. The molecule has 0 saturated carbocycles. The molecule has 5 heteroatoms. The topological polar surface area (TPSA) is 53.4 Å². The minimum absolute atomic E-state index is 0.327. The Labute approximate surface area is 115 Å². The zero-order chi connectivity index (χ0) is 13.2. The molecule has 0 aliphatic carbocycles. The molecule has 2 aromatic rings. The third-order valence-electron chi connectivity index (χ3n) is 3.42. The summed E-state index contributed by atoms with van der Waals surface area (Å²) >= 11 is 1.27. The zero-order valence-electron chi connectivity index (χ0n) is 10.4. The first kappa shape index (κ1) is 12.2. The van der Waals surface area contributed by atoms with Crippen molar-refractivity contribution in [3.05, 3.63) is 46.5 Å². The fourth-order valence-corrected chi connectivity index (χ4v) is 3.24. The molecule has 0 amide bonds. The van der Waals surface area contributed by atoms with E-state index < -0.39 is 5.97 Å². The number of carboxylic acids is 1. The SMILES string of the molecule is O=C(O)c1cnsc1CN1CCCc2ccccc21. The van der Waals surface area contributed by atoms with E-state index in [4.69, 9.17) is 5.11 Å². The van der Waals surface area contributed by atoms with Gasteiger partial charge in [0.15, 0.2) is 0 Å². The molecule has 0 unspecified atom stereocenters. The Bertz CT molecular complexity index is 609. The van der Waals surface area contributed by atoms with E-state index in [0.717, 1.165) is 24.3 Å². The summed E-state index contributed by atoms with van der Waals surface area (Å²) in [6.45, 7) is 1.59. The third kappa shape index (κ3) is 2.33. The molecule has 4 nitrogen and oxygen atoms in total. The number of rotatable bonds is 3. The Morgan fingerprint density at radius 3 is 3.11 bits per heavy atom. The van der Waals surface area contributed by atoms with Crippen LogP contribution in [0.5, 0.6) is 0 Å². The molecule has 1 aromatic carbocycles. The molecule has 1 N–H and O–H groups in total. The summed E-state index contributed by atoms with van der Waals surface area (Å²) < 4.78 is 4.00. The number of carboxylic acid groups (broad SMARTS) is 1. The summed E-state index contributed by atoms with van der Waals surface area (Å²) in [4.78, 5) is 14.2. The molecule has 19 heavy (non-hydrogen) atoms. The minimum Gasteiger partial charge on any atom is -0.478 e. The number of benzene rings is 1. The second-order valence-electron chi connectivity index (χ2n) is 4.62. The van der Waals surface area contributed by atoms with Gasteiger partial charge in [0.1, 0.15) is 0 Å². The number of fused-ring (bicyclic) bond motifs is 1. The van der Waals surface area contributed by atoms with Crippen LogP contribution in [-0.4, -0.2) is 22.0 Å². The molecule has 1 aromatic heterocycles. The number of aromatic nitrogens is 1. The summed E-state index contributed by atoms with van der Waals surface area (Å²) in [6, 6.07) is 8.34. The van der Waals surface area contributed by atoms with Crippen LogP contribution in [0.3, 0.4) is 0 Å². The van der Waals surface area contributed by atoms with Crippen LogP contribution in [0.4, 0.5) is 5.69 Å². The predicted octanol–water partition coefficient (Wildman–Crippen LogP) is 2.79. The maximum atomic E-state index is 11.1. The molecule has 0 radical (unpaired) electrons. The van der Waals surface area contributed by atoms with Gasteiger partial charge < -0.3 is 10.0 Å². The van der Waals surface area contributed by atoms with Gasteiger partial charge in [-0.3, -0.25) is 0 Å². The Hall–Kier alpha value is -1.88. The summed E-state index contributed by atoms with van der Waals surface area (Å²) in [5.74, 6) is -0.894. The van der Waals surface area contributed by atoms with Gasteiger partial charge in [0.05, 0.1) is 23.2 Å². The van der Waals surface area contributed by atoms with Crippen LogP contribution in [0.25, 0.3) is 0 Å². The molecular formula is C14H14N2O2S. The summed E-state index contributed by atoms with van der Waals surface area (Å²) in [6.07, 6.45) is 3.65. The Balaban J connectivity index is 1.89. The van der Waals surface area contributed by atoms with E-state index in [0.29, 0.717) is 12.1 Å². The fourth-order valence-electron chi connectivity index (χ4n) is 2.50. The summed E-state index contributed by atoms with van der Waals surface area (Å²) in [5.41, 5.74) is 2.89. The maximum Gasteiger partial charge on any atom is 0.338 e. The number of hydrogen-bond acceptors (Lipinski definition) is 4. The predicted molar refractivity (Wildman–Crippen MR) is 74.9 cm³/mol. The fraction of sp³-hybridized carbons (Fsp3) is 0.286. The monoisotopic (exact) mass is 274 g/mol. The van der Waals surface area contributed by atoms with Crippen molar-refractivity contribution in [2.24, 2.45) is 0 Å². The Kier molecular flexibility index (Phi) is 3.21. The van der Waals surface area contributed by atoms with Gasteiger partial charge in [-0.25, -0.2) is 4.79 Å². The van der Waals surface area contributed by atoms with Gasteiger partial charge in [-0.2, -0.15) is 4.37 Å². The van der Waals surface area contributed by atoms with Gasteiger partial charge in [-0.15, -0.1) is 0 Å². The van der Waals surface area contributed by atoms with Crippen LogP contribution in [0.15, 0.2) is 30.5 Å². The van der Waals surface area contributed by atoms with Crippen LogP contribution in [0.1, 0.15) is 27.2 Å². The van der Waals surface area contributed by atoms with Gasteiger partial charge in [0, 0.05) is 12.2 Å². The van der Waals surface area contributed by atoms with Gasteiger partial charge in [-0.05, 0) is 36.0 Å². The van der Waals surface area contributed by atoms with E-state index >= 15 is 0 Å². The van der Waals surface area contributed by atoms with Crippen LogP contribution < -0.4 is 4.90 Å². The molecule has 98 valence electrons. The highest BCUT2D eigenvalue weighted by molar-refractivity contribution is 7.06. The van der Waals surface area contributed by atoms with Crippen molar-refractivity contribution in [3.8, 4) is 0 Å². The first-order chi connectivity index (χ1) is 9.25. The zero-order valence-corrected chi connectivity index (χ0v) is 11.2. The largest absolute Gasteiger partial charge is 0.478 e. The summed E-state index contributed by atoms with van der Waals surface area (Å²) in [5, 5.41) is 9.13. The quantitative estimate of drug-likeness (QED) is 0.935. The average Bonchev–Trinajstić information content (AvgIpc) is 2.87. The van der Waals surface area contributed by atoms with E-state index in [-0.39, 0.29) is 0 Å². The smallest absolute Gasteiger partial charge is 0.338 e.